The van der Waals surface area contributed by atoms with Gasteiger partial charge in [0.1, 0.15) is 5.78 Å². The number of rotatable bonds is 3. The van der Waals surface area contributed by atoms with Crippen LogP contribution < -0.4 is 5.32 Å². The molecule has 3 heteroatoms. The monoisotopic (exact) mass is 170 g/mol. The summed E-state index contributed by atoms with van der Waals surface area (Å²) in [5.41, 5.74) is 0. The molecular formula is C9H18N2O. The zero-order valence-corrected chi connectivity index (χ0v) is 7.97. The van der Waals surface area contributed by atoms with Crippen LogP contribution >= 0.6 is 0 Å². The summed E-state index contributed by atoms with van der Waals surface area (Å²) in [5, 5.41) is 3.27. The van der Waals surface area contributed by atoms with Crippen molar-refractivity contribution in [3.63, 3.8) is 0 Å². The highest BCUT2D eigenvalue weighted by atomic mass is 16.1. The van der Waals surface area contributed by atoms with Crippen molar-refractivity contribution in [2.75, 3.05) is 26.7 Å². The van der Waals surface area contributed by atoms with Gasteiger partial charge in [-0.3, -0.25) is 9.69 Å². The Bertz CT molecular complexity index is 151. The van der Waals surface area contributed by atoms with Crippen molar-refractivity contribution in [2.45, 2.75) is 25.8 Å². The van der Waals surface area contributed by atoms with Crippen LogP contribution in [-0.4, -0.2) is 43.4 Å². The Labute approximate surface area is 74.1 Å². The SMILES string of the molecule is CNC1CCN(CC(C)=O)CC1. The first-order chi connectivity index (χ1) is 5.72. The Morgan fingerprint density at radius 1 is 1.50 bits per heavy atom. The van der Waals surface area contributed by atoms with Crippen molar-refractivity contribution in [1.29, 1.82) is 0 Å². The van der Waals surface area contributed by atoms with Gasteiger partial charge in [-0.1, -0.05) is 0 Å². The van der Waals surface area contributed by atoms with E-state index in [-0.39, 0.29) is 5.78 Å². The summed E-state index contributed by atoms with van der Waals surface area (Å²) in [5.74, 6) is 0.276. The third-order valence-electron chi connectivity index (χ3n) is 2.44. The summed E-state index contributed by atoms with van der Waals surface area (Å²) in [7, 11) is 2.01. The van der Waals surface area contributed by atoms with Crippen molar-refractivity contribution < 1.29 is 4.79 Å². The lowest BCUT2D eigenvalue weighted by atomic mass is 10.1. The minimum atomic E-state index is 0.276. The van der Waals surface area contributed by atoms with Gasteiger partial charge in [-0.05, 0) is 26.8 Å². The molecule has 1 N–H and O–H groups in total. The van der Waals surface area contributed by atoms with E-state index in [2.05, 4.69) is 10.2 Å². The maximum atomic E-state index is 10.8. The zero-order valence-electron chi connectivity index (χ0n) is 7.97. The Morgan fingerprint density at radius 3 is 2.50 bits per heavy atom. The van der Waals surface area contributed by atoms with Crippen LogP contribution in [-0.2, 0) is 4.79 Å². The maximum absolute atomic E-state index is 10.8. The van der Waals surface area contributed by atoms with E-state index in [1.807, 2.05) is 7.05 Å². The molecule has 0 aromatic rings. The summed E-state index contributed by atoms with van der Waals surface area (Å²) >= 11 is 0. The third-order valence-corrected chi connectivity index (χ3v) is 2.44. The lowest BCUT2D eigenvalue weighted by molar-refractivity contribution is -0.118. The molecule has 0 atom stereocenters. The molecular weight excluding hydrogens is 152 g/mol. The van der Waals surface area contributed by atoms with Crippen LogP contribution in [0.4, 0.5) is 0 Å². The first-order valence-corrected chi connectivity index (χ1v) is 4.61. The number of hydrogen-bond donors (Lipinski definition) is 1. The van der Waals surface area contributed by atoms with Crippen LogP contribution in [0, 0.1) is 0 Å². The third kappa shape index (κ3) is 2.91. The van der Waals surface area contributed by atoms with Gasteiger partial charge < -0.3 is 5.32 Å². The first-order valence-electron chi connectivity index (χ1n) is 4.61. The minimum Gasteiger partial charge on any atom is -0.317 e. The van der Waals surface area contributed by atoms with Crippen molar-refractivity contribution >= 4 is 5.78 Å². The highest BCUT2D eigenvalue weighted by Crippen LogP contribution is 2.08. The predicted molar refractivity (Wildman–Crippen MR) is 49.2 cm³/mol. The number of ketones is 1. The van der Waals surface area contributed by atoms with E-state index in [0.29, 0.717) is 12.6 Å². The standard InChI is InChI=1S/C9H18N2O/c1-8(12)7-11-5-3-9(10-2)4-6-11/h9-10H,3-7H2,1-2H3. The Hall–Kier alpha value is -0.410. The van der Waals surface area contributed by atoms with Crippen LogP contribution in [0.3, 0.4) is 0 Å². The van der Waals surface area contributed by atoms with Crippen molar-refractivity contribution in [2.24, 2.45) is 0 Å². The topological polar surface area (TPSA) is 32.3 Å². The first kappa shape index (κ1) is 9.68. The molecule has 1 fully saturated rings. The smallest absolute Gasteiger partial charge is 0.143 e. The van der Waals surface area contributed by atoms with Gasteiger partial charge in [0.25, 0.3) is 0 Å². The van der Waals surface area contributed by atoms with Crippen LogP contribution in [0.1, 0.15) is 19.8 Å². The molecule has 1 aliphatic heterocycles. The van der Waals surface area contributed by atoms with Crippen LogP contribution in [0.15, 0.2) is 0 Å². The highest BCUT2D eigenvalue weighted by Gasteiger charge is 2.17. The number of nitrogens with one attached hydrogen (secondary N) is 1. The number of likely N-dealkylation sites (tertiary alicyclic amines) is 1. The van der Waals surface area contributed by atoms with Gasteiger partial charge in [-0.2, -0.15) is 0 Å². The van der Waals surface area contributed by atoms with E-state index in [0.717, 1.165) is 13.1 Å². The number of carbonyl (C=O) groups excluding carboxylic acids is 1. The molecule has 70 valence electrons. The Balaban J connectivity index is 2.21. The molecule has 0 aromatic carbocycles. The second-order valence-corrected chi connectivity index (χ2v) is 3.54. The molecule has 0 spiro atoms. The molecule has 0 bridgehead atoms. The fourth-order valence-corrected chi connectivity index (χ4v) is 1.69. The molecule has 0 saturated carbocycles. The molecule has 12 heavy (non-hydrogen) atoms. The van der Waals surface area contributed by atoms with E-state index in [1.54, 1.807) is 6.92 Å². The number of hydrogen-bond acceptors (Lipinski definition) is 3. The predicted octanol–water partition coefficient (Wildman–Crippen LogP) is 0.259. The van der Waals surface area contributed by atoms with Crippen LogP contribution in [0.5, 0.6) is 0 Å². The van der Waals surface area contributed by atoms with Gasteiger partial charge >= 0.3 is 0 Å². The number of carbonyl (C=O) groups is 1. The molecule has 0 aliphatic carbocycles. The zero-order chi connectivity index (χ0) is 8.97. The summed E-state index contributed by atoms with van der Waals surface area (Å²) < 4.78 is 0. The molecule has 0 radical (unpaired) electrons. The van der Waals surface area contributed by atoms with E-state index in [9.17, 15) is 4.79 Å². The summed E-state index contributed by atoms with van der Waals surface area (Å²) in [6, 6.07) is 0.660. The van der Waals surface area contributed by atoms with Gasteiger partial charge in [0, 0.05) is 19.1 Å². The van der Waals surface area contributed by atoms with Crippen molar-refractivity contribution in [1.82, 2.24) is 10.2 Å². The average molecular weight is 170 g/mol. The number of nitrogens with zero attached hydrogens (tertiary/aromatic N) is 1. The van der Waals surface area contributed by atoms with Crippen LogP contribution in [0.25, 0.3) is 0 Å². The van der Waals surface area contributed by atoms with E-state index in [1.165, 1.54) is 12.8 Å². The highest BCUT2D eigenvalue weighted by molar-refractivity contribution is 5.77. The normalized spacial score (nSPS) is 21.2. The van der Waals surface area contributed by atoms with Crippen LogP contribution in [0.2, 0.25) is 0 Å². The molecule has 1 aliphatic rings. The second kappa shape index (κ2) is 4.58. The summed E-state index contributed by atoms with van der Waals surface area (Å²) in [6.07, 6.45) is 2.34. The number of Topliss-reactive ketones (excluding diaryl/α,β-unsaturated/α-hetero) is 1. The summed E-state index contributed by atoms with van der Waals surface area (Å²) in [6.45, 7) is 4.41. The minimum absolute atomic E-state index is 0.276. The molecule has 3 nitrogen and oxygen atoms in total. The van der Waals surface area contributed by atoms with E-state index < -0.39 is 0 Å². The lowest BCUT2D eigenvalue weighted by Crippen LogP contribution is -2.42. The van der Waals surface area contributed by atoms with Crippen molar-refractivity contribution in [3.05, 3.63) is 0 Å². The van der Waals surface area contributed by atoms with Crippen molar-refractivity contribution in [3.8, 4) is 0 Å². The van der Waals surface area contributed by atoms with E-state index >= 15 is 0 Å². The summed E-state index contributed by atoms with van der Waals surface area (Å²) in [4.78, 5) is 13.0. The van der Waals surface area contributed by atoms with Gasteiger partial charge in [0.2, 0.25) is 0 Å². The van der Waals surface area contributed by atoms with Gasteiger partial charge in [0.05, 0.1) is 6.54 Å². The van der Waals surface area contributed by atoms with Gasteiger partial charge in [-0.25, -0.2) is 0 Å². The molecule has 0 amide bonds. The molecule has 1 rings (SSSR count). The fraction of sp³-hybridized carbons (Fsp3) is 0.889. The lowest BCUT2D eigenvalue weighted by Gasteiger charge is -2.30. The number of piperidine rings is 1. The molecule has 1 saturated heterocycles. The largest absolute Gasteiger partial charge is 0.317 e. The van der Waals surface area contributed by atoms with E-state index in [4.69, 9.17) is 0 Å². The average Bonchev–Trinajstić information content (AvgIpc) is 2.05. The Kier molecular flexibility index (Phi) is 3.69. The molecule has 0 aromatic heterocycles. The molecule has 1 heterocycles. The quantitative estimate of drug-likeness (QED) is 0.659. The maximum Gasteiger partial charge on any atom is 0.143 e. The fourth-order valence-electron chi connectivity index (χ4n) is 1.69. The van der Waals surface area contributed by atoms with Gasteiger partial charge in [0.15, 0.2) is 0 Å². The molecule has 0 unspecified atom stereocenters. The second-order valence-electron chi connectivity index (χ2n) is 3.54. The Morgan fingerprint density at radius 2 is 2.08 bits per heavy atom. The van der Waals surface area contributed by atoms with Gasteiger partial charge in [-0.15, -0.1) is 0 Å².